The van der Waals surface area contributed by atoms with Crippen molar-refractivity contribution < 1.29 is 4.39 Å². The van der Waals surface area contributed by atoms with E-state index in [1.807, 2.05) is 23.9 Å². The summed E-state index contributed by atoms with van der Waals surface area (Å²) in [6, 6.07) is 7.37. The van der Waals surface area contributed by atoms with Gasteiger partial charge in [0.05, 0.1) is 0 Å². The summed E-state index contributed by atoms with van der Waals surface area (Å²) in [5, 5.41) is 3.51. The van der Waals surface area contributed by atoms with Crippen LogP contribution in [0.15, 0.2) is 24.3 Å². The molecule has 0 aliphatic carbocycles. The van der Waals surface area contributed by atoms with Crippen molar-refractivity contribution in [2.75, 3.05) is 11.5 Å². The Kier molecular flexibility index (Phi) is 4.03. The van der Waals surface area contributed by atoms with Gasteiger partial charge in [0.1, 0.15) is 5.82 Å². The van der Waals surface area contributed by atoms with Crippen molar-refractivity contribution in [3.8, 4) is 0 Å². The fourth-order valence-electron chi connectivity index (χ4n) is 1.77. The van der Waals surface area contributed by atoms with E-state index in [9.17, 15) is 4.39 Å². The molecular weight excluding hydrogens is 209 g/mol. The lowest BCUT2D eigenvalue weighted by Crippen LogP contribution is -2.33. The van der Waals surface area contributed by atoms with Crippen molar-refractivity contribution in [3.05, 3.63) is 35.6 Å². The van der Waals surface area contributed by atoms with E-state index in [2.05, 4.69) is 5.32 Å². The van der Waals surface area contributed by atoms with Crippen molar-refractivity contribution in [1.29, 1.82) is 0 Å². The molecule has 0 aromatic heterocycles. The molecule has 1 nitrogen and oxygen atoms in total. The highest BCUT2D eigenvalue weighted by atomic mass is 32.2. The molecule has 0 spiro atoms. The first-order valence-electron chi connectivity index (χ1n) is 5.40. The van der Waals surface area contributed by atoms with Gasteiger partial charge in [0, 0.05) is 18.3 Å². The van der Waals surface area contributed by atoms with Crippen LogP contribution in [-0.2, 0) is 6.54 Å². The monoisotopic (exact) mass is 225 g/mol. The third kappa shape index (κ3) is 3.50. The molecule has 0 amide bonds. The van der Waals surface area contributed by atoms with Gasteiger partial charge in [0.25, 0.3) is 0 Å². The van der Waals surface area contributed by atoms with Crippen LogP contribution in [0.25, 0.3) is 0 Å². The highest BCUT2D eigenvalue weighted by Gasteiger charge is 2.12. The minimum Gasteiger partial charge on any atom is -0.309 e. The fraction of sp³-hybridized carbons (Fsp3) is 0.500. The Labute approximate surface area is 94.5 Å². The second-order valence-electron chi connectivity index (χ2n) is 3.92. The molecule has 1 aromatic carbocycles. The van der Waals surface area contributed by atoms with E-state index >= 15 is 0 Å². The van der Waals surface area contributed by atoms with Crippen LogP contribution in [0.4, 0.5) is 4.39 Å². The average molecular weight is 225 g/mol. The van der Waals surface area contributed by atoms with Gasteiger partial charge < -0.3 is 5.32 Å². The third-order valence-corrected chi connectivity index (χ3v) is 3.88. The number of nitrogens with one attached hydrogen (secondary N) is 1. The quantitative estimate of drug-likeness (QED) is 0.849. The molecule has 2 rings (SSSR count). The molecule has 1 heterocycles. The lowest BCUT2D eigenvalue weighted by Gasteiger charge is -2.22. The van der Waals surface area contributed by atoms with E-state index in [4.69, 9.17) is 0 Å². The second kappa shape index (κ2) is 5.52. The molecule has 82 valence electrons. The molecule has 1 aliphatic heterocycles. The smallest absolute Gasteiger partial charge is 0.123 e. The minimum atomic E-state index is -0.160. The Morgan fingerprint density at radius 2 is 2.13 bits per heavy atom. The van der Waals surface area contributed by atoms with Crippen LogP contribution in [0.1, 0.15) is 18.4 Å². The Hall–Kier alpha value is -0.540. The molecule has 0 saturated carbocycles. The first-order valence-corrected chi connectivity index (χ1v) is 6.55. The summed E-state index contributed by atoms with van der Waals surface area (Å²) in [4.78, 5) is 0. The van der Waals surface area contributed by atoms with Gasteiger partial charge in [-0.15, -0.1) is 0 Å². The van der Waals surface area contributed by atoms with Crippen molar-refractivity contribution in [2.24, 2.45) is 0 Å². The topological polar surface area (TPSA) is 12.0 Å². The number of halogens is 1. The summed E-state index contributed by atoms with van der Waals surface area (Å²) in [5.74, 6) is 2.35. The number of thioether (sulfide) groups is 1. The van der Waals surface area contributed by atoms with Gasteiger partial charge >= 0.3 is 0 Å². The van der Waals surface area contributed by atoms with Crippen molar-refractivity contribution in [2.45, 2.75) is 25.4 Å². The highest BCUT2D eigenvalue weighted by Crippen LogP contribution is 2.17. The molecule has 0 bridgehead atoms. The first kappa shape index (κ1) is 11.0. The molecule has 1 N–H and O–H groups in total. The van der Waals surface area contributed by atoms with Crippen molar-refractivity contribution >= 4 is 11.8 Å². The summed E-state index contributed by atoms with van der Waals surface area (Å²) in [6.45, 7) is 0.853. The number of hydrogen-bond donors (Lipinski definition) is 1. The summed E-state index contributed by atoms with van der Waals surface area (Å²) in [6.07, 6.45) is 2.58. The van der Waals surface area contributed by atoms with Gasteiger partial charge in [-0.3, -0.25) is 0 Å². The predicted molar refractivity (Wildman–Crippen MR) is 63.6 cm³/mol. The predicted octanol–water partition coefficient (Wildman–Crippen LogP) is 2.81. The number of benzene rings is 1. The Bertz CT molecular complexity index is 293. The van der Waals surface area contributed by atoms with Crippen LogP contribution in [0.3, 0.4) is 0 Å². The van der Waals surface area contributed by atoms with Crippen LogP contribution < -0.4 is 5.32 Å². The zero-order valence-corrected chi connectivity index (χ0v) is 9.52. The van der Waals surface area contributed by atoms with Crippen molar-refractivity contribution in [1.82, 2.24) is 5.32 Å². The van der Waals surface area contributed by atoms with Crippen molar-refractivity contribution in [3.63, 3.8) is 0 Å². The molecule has 15 heavy (non-hydrogen) atoms. The highest BCUT2D eigenvalue weighted by molar-refractivity contribution is 7.99. The van der Waals surface area contributed by atoms with Gasteiger partial charge in [-0.2, -0.15) is 11.8 Å². The molecule has 1 fully saturated rings. The van der Waals surface area contributed by atoms with Crippen LogP contribution in [0, 0.1) is 5.82 Å². The molecular formula is C12H16FNS. The molecule has 3 heteroatoms. The van der Waals surface area contributed by atoms with E-state index in [1.165, 1.54) is 36.5 Å². The molecule has 1 aromatic rings. The molecule has 1 atom stereocenters. The fourth-order valence-corrected chi connectivity index (χ4v) is 2.87. The maximum Gasteiger partial charge on any atom is 0.123 e. The standard InChI is InChI=1S/C12H16FNS/c13-11-5-3-10(4-6-11)8-14-12-2-1-7-15-9-12/h3-6,12,14H,1-2,7-9H2. The molecule has 1 saturated heterocycles. The third-order valence-electron chi connectivity index (χ3n) is 2.67. The van der Waals surface area contributed by atoms with Gasteiger partial charge in [-0.05, 0) is 36.3 Å². The zero-order chi connectivity index (χ0) is 10.5. The van der Waals surface area contributed by atoms with Crippen LogP contribution in [0.5, 0.6) is 0 Å². The normalized spacial score (nSPS) is 21.5. The second-order valence-corrected chi connectivity index (χ2v) is 5.07. The SMILES string of the molecule is Fc1ccc(CNC2CCCSC2)cc1. The molecule has 1 aliphatic rings. The zero-order valence-electron chi connectivity index (χ0n) is 8.71. The Morgan fingerprint density at radius 1 is 1.33 bits per heavy atom. The van der Waals surface area contributed by atoms with E-state index < -0.39 is 0 Å². The number of rotatable bonds is 3. The molecule has 1 unspecified atom stereocenters. The van der Waals surface area contributed by atoms with Crippen LogP contribution in [0.2, 0.25) is 0 Å². The van der Waals surface area contributed by atoms with Gasteiger partial charge in [0.2, 0.25) is 0 Å². The molecule has 0 radical (unpaired) electrons. The van der Waals surface area contributed by atoms with Gasteiger partial charge in [0.15, 0.2) is 0 Å². The lowest BCUT2D eigenvalue weighted by molar-refractivity contribution is 0.507. The lowest BCUT2D eigenvalue weighted by atomic mass is 10.1. The van der Waals surface area contributed by atoms with Crippen LogP contribution in [-0.4, -0.2) is 17.5 Å². The summed E-state index contributed by atoms with van der Waals surface area (Å²) in [7, 11) is 0. The van der Waals surface area contributed by atoms with Gasteiger partial charge in [-0.25, -0.2) is 4.39 Å². The number of hydrogen-bond acceptors (Lipinski definition) is 2. The van der Waals surface area contributed by atoms with E-state index in [0.29, 0.717) is 6.04 Å². The Balaban J connectivity index is 1.79. The summed E-state index contributed by atoms with van der Waals surface area (Å²) >= 11 is 2.02. The van der Waals surface area contributed by atoms with Gasteiger partial charge in [-0.1, -0.05) is 12.1 Å². The first-order chi connectivity index (χ1) is 7.34. The minimum absolute atomic E-state index is 0.160. The summed E-state index contributed by atoms with van der Waals surface area (Å²) in [5.41, 5.74) is 1.16. The largest absolute Gasteiger partial charge is 0.309 e. The Morgan fingerprint density at radius 3 is 2.80 bits per heavy atom. The average Bonchev–Trinajstić information content (AvgIpc) is 2.30. The maximum atomic E-state index is 12.7. The van der Waals surface area contributed by atoms with E-state index in [1.54, 1.807) is 0 Å². The van der Waals surface area contributed by atoms with Crippen LogP contribution >= 0.6 is 11.8 Å². The van der Waals surface area contributed by atoms with E-state index in [-0.39, 0.29) is 5.82 Å². The van der Waals surface area contributed by atoms with E-state index in [0.717, 1.165) is 12.1 Å². The maximum absolute atomic E-state index is 12.7. The summed E-state index contributed by atoms with van der Waals surface area (Å²) < 4.78 is 12.7.